The Bertz CT molecular complexity index is 204. The van der Waals surface area contributed by atoms with Gasteiger partial charge < -0.3 is 0 Å². The Labute approximate surface area is 70.0 Å². The second-order valence-electron chi connectivity index (χ2n) is 3.84. The maximum atomic E-state index is 2.31. The highest BCUT2D eigenvalue weighted by Gasteiger charge is 2.39. The Morgan fingerprint density at radius 3 is 2.27 bits per heavy atom. The molecule has 0 fully saturated rings. The van der Waals surface area contributed by atoms with E-state index in [4.69, 9.17) is 0 Å². The minimum absolute atomic E-state index is 0.474. The van der Waals surface area contributed by atoms with Crippen LogP contribution in [-0.4, -0.2) is 0 Å². The molecule has 0 bridgehead atoms. The van der Waals surface area contributed by atoms with Crippen LogP contribution in [0.25, 0.3) is 0 Å². The Balaban J connectivity index is 2.31. The van der Waals surface area contributed by atoms with Crippen LogP contribution in [-0.2, 0) is 0 Å². The van der Waals surface area contributed by atoms with Crippen LogP contribution in [0.1, 0.15) is 40.5 Å². The molecule has 0 spiro atoms. The lowest BCUT2D eigenvalue weighted by Crippen LogP contribution is -1.91. The van der Waals surface area contributed by atoms with E-state index in [2.05, 4.69) is 39.8 Å². The van der Waals surface area contributed by atoms with Gasteiger partial charge in [0, 0.05) is 5.41 Å². The first-order valence-corrected chi connectivity index (χ1v) is 4.42. The van der Waals surface area contributed by atoms with Gasteiger partial charge >= 0.3 is 0 Å². The minimum atomic E-state index is 0.474. The molecule has 0 aromatic heterocycles. The molecule has 0 radical (unpaired) electrons. The quantitative estimate of drug-likeness (QED) is 0.538. The Morgan fingerprint density at radius 2 is 1.91 bits per heavy atom. The van der Waals surface area contributed by atoms with Crippen molar-refractivity contribution in [3.05, 3.63) is 23.3 Å². The van der Waals surface area contributed by atoms with Gasteiger partial charge in [0.1, 0.15) is 0 Å². The van der Waals surface area contributed by atoms with Crippen LogP contribution in [0.3, 0.4) is 0 Å². The third-order valence-electron chi connectivity index (χ3n) is 2.88. The highest BCUT2D eigenvalue weighted by atomic mass is 14.4. The highest BCUT2D eigenvalue weighted by molar-refractivity contribution is 5.45. The number of rotatable bonds is 3. The smallest absolute Gasteiger partial charge is 0.00672 e. The lowest BCUT2D eigenvalue weighted by molar-refractivity contribution is 0.653. The molecular formula is C11H18. The zero-order valence-corrected chi connectivity index (χ0v) is 8.07. The normalized spacial score (nSPS) is 21.5. The Morgan fingerprint density at radius 1 is 1.36 bits per heavy atom. The van der Waals surface area contributed by atoms with Crippen LogP contribution in [0.2, 0.25) is 0 Å². The average molecular weight is 150 g/mol. The molecule has 0 aliphatic heterocycles. The summed E-state index contributed by atoms with van der Waals surface area (Å²) in [5.74, 6) is 0. The van der Waals surface area contributed by atoms with Crippen LogP contribution in [0, 0.1) is 5.41 Å². The van der Waals surface area contributed by atoms with Crippen molar-refractivity contribution < 1.29 is 0 Å². The molecule has 0 amide bonds. The predicted molar refractivity (Wildman–Crippen MR) is 50.5 cm³/mol. The first-order chi connectivity index (χ1) is 5.10. The summed E-state index contributed by atoms with van der Waals surface area (Å²) in [6.45, 7) is 8.96. The molecule has 1 rings (SSSR count). The van der Waals surface area contributed by atoms with Gasteiger partial charge in [-0.2, -0.15) is 0 Å². The van der Waals surface area contributed by atoms with Gasteiger partial charge in [0.15, 0.2) is 0 Å². The number of hydrogen-bond donors (Lipinski definition) is 0. The minimum Gasteiger partial charge on any atom is -0.0917 e. The Hall–Kier alpha value is -0.520. The maximum absolute atomic E-state index is 2.31. The van der Waals surface area contributed by atoms with E-state index in [0.717, 1.165) is 0 Å². The van der Waals surface area contributed by atoms with Crippen molar-refractivity contribution in [3.63, 3.8) is 0 Å². The van der Waals surface area contributed by atoms with Gasteiger partial charge in [-0.1, -0.05) is 37.1 Å². The summed E-state index contributed by atoms with van der Waals surface area (Å²) < 4.78 is 0. The molecule has 0 saturated carbocycles. The molecule has 62 valence electrons. The molecule has 0 heteroatoms. The van der Waals surface area contributed by atoms with Crippen molar-refractivity contribution in [1.29, 1.82) is 0 Å². The predicted octanol–water partition coefficient (Wildman–Crippen LogP) is 3.70. The Kier molecular flexibility index (Phi) is 2.22. The van der Waals surface area contributed by atoms with Gasteiger partial charge in [-0.05, 0) is 26.7 Å². The van der Waals surface area contributed by atoms with Crippen molar-refractivity contribution in [2.75, 3.05) is 0 Å². The fraction of sp³-hybridized carbons (Fsp3) is 0.636. The summed E-state index contributed by atoms with van der Waals surface area (Å²) in [7, 11) is 0. The van der Waals surface area contributed by atoms with Crippen LogP contribution in [0.15, 0.2) is 23.3 Å². The van der Waals surface area contributed by atoms with E-state index in [1.54, 1.807) is 11.1 Å². The van der Waals surface area contributed by atoms with E-state index in [1.807, 2.05) is 0 Å². The molecule has 1 aliphatic rings. The molecule has 0 atom stereocenters. The second-order valence-corrected chi connectivity index (χ2v) is 3.84. The summed E-state index contributed by atoms with van der Waals surface area (Å²) in [4.78, 5) is 0. The van der Waals surface area contributed by atoms with Gasteiger partial charge in [0.25, 0.3) is 0 Å². The van der Waals surface area contributed by atoms with E-state index in [9.17, 15) is 0 Å². The van der Waals surface area contributed by atoms with Crippen LogP contribution < -0.4 is 0 Å². The molecular weight excluding hydrogens is 132 g/mol. The van der Waals surface area contributed by atoms with Crippen LogP contribution in [0.4, 0.5) is 0 Å². The molecule has 0 aromatic rings. The van der Waals surface area contributed by atoms with E-state index in [1.165, 1.54) is 12.8 Å². The van der Waals surface area contributed by atoms with Crippen molar-refractivity contribution >= 4 is 0 Å². The van der Waals surface area contributed by atoms with Gasteiger partial charge in [-0.15, -0.1) is 0 Å². The lowest BCUT2D eigenvalue weighted by atomic mass is 10.0. The average Bonchev–Trinajstić information content (AvgIpc) is 2.39. The zero-order chi connectivity index (χ0) is 8.48. The van der Waals surface area contributed by atoms with Crippen LogP contribution in [0.5, 0.6) is 0 Å². The molecule has 0 N–H and O–H groups in total. The fourth-order valence-corrected chi connectivity index (χ4v) is 1.64. The highest BCUT2D eigenvalue weighted by Crippen LogP contribution is 2.53. The lowest BCUT2D eigenvalue weighted by Gasteiger charge is -2.02. The van der Waals surface area contributed by atoms with Crippen LogP contribution >= 0.6 is 0 Å². The molecule has 0 aromatic carbocycles. The standard InChI is InChI=1S/C11H18/c1-5-6-7-8-10-9(2)11(10,3)4/h5-6H,7-8H2,1-4H3. The van der Waals surface area contributed by atoms with Gasteiger partial charge in [-0.25, -0.2) is 0 Å². The second kappa shape index (κ2) is 2.84. The molecule has 0 nitrogen and oxygen atoms in total. The maximum Gasteiger partial charge on any atom is 0.00672 e. The first-order valence-electron chi connectivity index (χ1n) is 4.42. The molecule has 11 heavy (non-hydrogen) atoms. The SMILES string of the molecule is CC=CCCC1=C(C)C1(C)C. The fourth-order valence-electron chi connectivity index (χ4n) is 1.64. The summed E-state index contributed by atoms with van der Waals surface area (Å²) >= 11 is 0. The third kappa shape index (κ3) is 1.55. The van der Waals surface area contributed by atoms with Crippen molar-refractivity contribution in [1.82, 2.24) is 0 Å². The van der Waals surface area contributed by atoms with Gasteiger partial charge in [-0.3, -0.25) is 0 Å². The van der Waals surface area contributed by atoms with E-state index in [-0.39, 0.29) is 0 Å². The molecule has 0 unspecified atom stereocenters. The van der Waals surface area contributed by atoms with E-state index < -0.39 is 0 Å². The van der Waals surface area contributed by atoms with Crippen molar-refractivity contribution in [2.24, 2.45) is 5.41 Å². The van der Waals surface area contributed by atoms with E-state index >= 15 is 0 Å². The van der Waals surface area contributed by atoms with Gasteiger partial charge in [0.2, 0.25) is 0 Å². The number of hydrogen-bond acceptors (Lipinski definition) is 0. The topological polar surface area (TPSA) is 0 Å². The van der Waals surface area contributed by atoms with Crippen molar-refractivity contribution in [2.45, 2.75) is 40.5 Å². The summed E-state index contributed by atoms with van der Waals surface area (Å²) in [6, 6.07) is 0. The largest absolute Gasteiger partial charge is 0.0917 e. The summed E-state index contributed by atoms with van der Waals surface area (Å²) in [5, 5.41) is 0. The molecule has 0 heterocycles. The van der Waals surface area contributed by atoms with Crippen molar-refractivity contribution in [3.8, 4) is 0 Å². The van der Waals surface area contributed by atoms with E-state index in [0.29, 0.717) is 5.41 Å². The molecule has 0 saturated heterocycles. The monoisotopic (exact) mass is 150 g/mol. The first kappa shape index (κ1) is 8.58. The molecule has 1 aliphatic carbocycles. The summed E-state index contributed by atoms with van der Waals surface area (Å²) in [6.07, 6.45) is 6.86. The third-order valence-corrected chi connectivity index (χ3v) is 2.88. The summed E-state index contributed by atoms with van der Waals surface area (Å²) in [5.41, 5.74) is 3.76. The number of allylic oxidation sites excluding steroid dienone is 4. The van der Waals surface area contributed by atoms with Gasteiger partial charge in [0.05, 0.1) is 0 Å². The zero-order valence-electron chi connectivity index (χ0n) is 8.07.